The first kappa shape index (κ1) is 20.0. The van der Waals surface area contributed by atoms with E-state index in [-0.39, 0.29) is 25.9 Å². The maximum absolute atomic E-state index is 12.6. The van der Waals surface area contributed by atoms with Gasteiger partial charge in [0, 0.05) is 25.0 Å². The molecule has 0 aliphatic heterocycles. The molecule has 0 N–H and O–H groups in total. The molecule has 1 aromatic rings. The van der Waals surface area contributed by atoms with E-state index in [1.54, 1.807) is 21.0 Å². The van der Waals surface area contributed by atoms with Crippen molar-refractivity contribution in [3.05, 3.63) is 41.7 Å². The van der Waals surface area contributed by atoms with Gasteiger partial charge < -0.3 is 14.0 Å². The monoisotopic (exact) mass is 370 g/mol. The molecule has 1 aliphatic carbocycles. The predicted molar refractivity (Wildman–Crippen MR) is 95.6 cm³/mol. The zero-order chi connectivity index (χ0) is 18.1. The maximum Gasteiger partial charge on any atom is 0.529 e. The Morgan fingerprint density at radius 1 is 1.16 bits per heavy atom. The van der Waals surface area contributed by atoms with Gasteiger partial charge in [0.25, 0.3) is 0 Å². The molecule has 1 aromatic carbocycles. The highest BCUT2D eigenvalue weighted by Crippen LogP contribution is 2.53. The van der Waals surface area contributed by atoms with Crippen LogP contribution >= 0.6 is 7.82 Å². The van der Waals surface area contributed by atoms with E-state index >= 15 is 0 Å². The van der Waals surface area contributed by atoms with E-state index in [0.29, 0.717) is 12.2 Å². The fourth-order valence-electron chi connectivity index (χ4n) is 2.80. The van der Waals surface area contributed by atoms with Crippen molar-refractivity contribution < 1.29 is 27.6 Å². The van der Waals surface area contributed by atoms with E-state index < -0.39 is 7.82 Å². The number of phosphoric ester groups is 1. The number of phosphoric acid groups is 1. The Morgan fingerprint density at radius 3 is 2.56 bits per heavy atom. The van der Waals surface area contributed by atoms with E-state index in [1.807, 2.05) is 30.3 Å². The molecule has 0 radical (unpaired) electrons. The molecule has 6 nitrogen and oxygen atoms in total. The highest BCUT2D eigenvalue weighted by atomic mass is 31.2. The topological polar surface area (TPSA) is 63.2 Å². The normalized spacial score (nSPS) is 17.9. The van der Waals surface area contributed by atoms with Gasteiger partial charge in [-0.3, -0.25) is 9.05 Å². The maximum atomic E-state index is 12.6. The zero-order valence-corrected chi connectivity index (χ0v) is 16.0. The number of rotatable bonds is 10. The SMILES string of the molecule is CCOP(=O)(OCC)OC1=CC(c2ccccc2OCOC)CCC1. The number of hydrogen-bond donors (Lipinski definition) is 0. The third-order valence-electron chi connectivity index (χ3n) is 3.78. The average molecular weight is 370 g/mol. The molecule has 0 saturated carbocycles. The highest BCUT2D eigenvalue weighted by molar-refractivity contribution is 7.48. The van der Waals surface area contributed by atoms with Crippen LogP contribution in [-0.2, 0) is 22.9 Å². The lowest BCUT2D eigenvalue weighted by Crippen LogP contribution is -2.09. The molecular weight excluding hydrogens is 343 g/mol. The largest absolute Gasteiger partial charge is 0.529 e. The van der Waals surface area contributed by atoms with Crippen LogP contribution in [0, 0.1) is 0 Å². The van der Waals surface area contributed by atoms with Gasteiger partial charge in [0.1, 0.15) is 11.5 Å². The molecule has 2 rings (SSSR count). The van der Waals surface area contributed by atoms with Crippen molar-refractivity contribution in [2.45, 2.75) is 39.0 Å². The summed E-state index contributed by atoms with van der Waals surface area (Å²) in [4.78, 5) is 0. The molecule has 0 amide bonds. The standard InChI is InChI=1S/C18H27O6P/c1-4-22-25(19,23-5-2)24-16-10-8-9-15(13-16)17-11-6-7-12-18(17)21-14-20-3/h6-7,11-13,15H,4-5,8-10,14H2,1-3H3. The van der Waals surface area contributed by atoms with Crippen molar-refractivity contribution in [3.8, 4) is 5.75 Å². The van der Waals surface area contributed by atoms with Crippen molar-refractivity contribution >= 4 is 7.82 Å². The molecule has 0 aromatic heterocycles. The third-order valence-corrected chi connectivity index (χ3v) is 5.39. The van der Waals surface area contributed by atoms with Crippen molar-refractivity contribution in [2.24, 2.45) is 0 Å². The molecule has 1 atom stereocenters. The molecule has 0 fully saturated rings. The Labute approximate surface area is 149 Å². The molecule has 7 heteroatoms. The summed E-state index contributed by atoms with van der Waals surface area (Å²) >= 11 is 0. The van der Waals surface area contributed by atoms with Gasteiger partial charge in [0.05, 0.1) is 13.2 Å². The second-order valence-electron chi connectivity index (χ2n) is 5.59. The first-order valence-corrected chi connectivity index (χ1v) is 10.1. The Kier molecular flexibility index (Phi) is 7.97. The molecule has 0 spiro atoms. The summed E-state index contributed by atoms with van der Waals surface area (Å²) in [5, 5.41) is 0. The number of hydrogen-bond acceptors (Lipinski definition) is 6. The van der Waals surface area contributed by atoms with E-state index in [1.165, 1.54) is 0 Å². The summed E-state index contributed by atoms with van der Waals surface area (Å²) in [5.41, 5.74) is 1.06. The smallest absolute Gasteiger partial charge is 0.467 e. The second-order valence-corrected chi connectivity index (χ2v) is 7.19. The van der Waals surface area contributed by atoms with Gasteiger partial charge in [0.2, 0.25) is 0 Å². The van der Waals surface area contributed by atoms with Gasteiger partial charge in [-0.2, -0.15) is 0 Å². The third kappa shape index (κ3) is 5.86. The van der Waals surface area contributed by atoms with Crippen LogP contribution in [0.3, 0.4) is 0 Å². The van der Waals surface area contributed by atoms with Gasteiger partial charge >= 0.3 is 7.82 Å². The van der Waals surface area contributed by atoms with E-state index in [0.717, 1.165) is 24.2 Å². The number of benzene rings is 1. The molecule has 0 heterocycles. The van der Waals surface area contributed by atoms with Crippen molar-refractivity contribution in [3.63, 3.8) is 0 Å². The van der Waals surface area contributed by atoms with Gasteiger partial charge in [-0.05, 0) is 38.8 Å². The lowest BCUT2D eigenvalue weighted by Gasteiger charge is -2.25. The Hall–Kier alpha value is -1.33. The summed E-state index contributed by atoms with van der Waals surface area (Å²) in [6.45, 7) is 4.25. The molecule has 1 aliphatic rings. The Morgan fingerprint density at radius 2 is 1.88 bits per heavy atom. The van der Waals surface area contributed by atoms with Crippen LogP contribution in [0.4, 0.5) is 0 Å². The van der Waals surface area contributed by atoms with Crippen molar-refractivity contribution in [2.75, 3.05) is 27.1 Å². The van der Waals surface area contributed by atoms with Gasteiger partial charge in [0.15, 0.2) is 6.79 Å². The molecular formula is C18H27O6P. The van der Waals surface area contributed by atoms with Gasteiger partial charge in [-0.1, -0.05) is 18.2 Å². The van der Waals surface area contributed by atoms with Crippen molar-refractivity contribution in [1.82, 2.24) is 0 Å². The van der Waals surface area contributed by atoms with Crippen molar-refractivity contribution in [1.29, 1.82) is 0 Å². The lowest BCUT2D eigenvalue weighted by molar-refractivity contribution is 0.0502. The fourth-order valence-corrected chi connectivity index (χ4v) is 4.05. The minimum absolute atomic E-state index is 0.119. The second kappa shape index (κ2) is 9.97. The number of allylic oxidation sites excluding steroid dienone is 2. The summed E-state index contributed by atoms with van der Waals surface area (Å²) < 4.78 is 39.3. The molecule has 1 unspecified atom stereocenters. The van der Waals surface area contributed by atoms with Crippen LogP contribution in [0.25, 0.3) is 0 Å². The zero-order valence-electron chi connectivity index (χ0n) is 15.1. The first-order chi connectivity index (χ1) is 12.1. The number of methoxy groups -OCH3 is 1. The minimum Gasteiger partial charge on any atom is -0.467 e. The average Bonchev–Trinajstić information content (AvgIpc) is 2.60. The predicted octanol–water partition coefficient (Wildman–Crippen LogP) is 5.02. The van der Waals surface area contributed by atoms with Crippen LogP contribution < -0.4 is 4.74 Å². The first-order valence-electron chi connectivity index (χ1n) is 8.62. The van der Waals surface area contributed by atoms with Crippen LogP contribution in [0.1, 0.15) is 44.6 Å². The molecule has 140 valence electrons. The summed E-state index contributed by atoms with van der Waals surface area (Å²) in [6.07, 6.45) is 4.59. The molecule has 0 saturated heterocycles. The van der Waals surface area contributed by atoms with Crippen LogP contribution in [0.5, 0.6) is 5.75 Å². The highest BCUT2D eigenvalue weighted by Gasteiger charge is 2.30. The number of ether oxygens (including phenoxy) is 2. The van der Waals surface area contributed by atoms with E-state index in [2.05, 4.69) is 0 Å². The van der Waals surface area contributed by atoms with E-state index in [9.17, 15) is 4.57 Å². The summed E-state index contributed by atoms with van der Waals surface area (Å²) in [5.74, 6) is 1.54. The lowest BCUT2D eigenvalue weighted by atomic mass is 9.88. The van der Waals surface area contributed by atoms with Crippen LogP contribution in [0.2, 0.25) is 0 Å². The van der Waals surface area contributed by atoms with Gasteiger partial charge in [-0.15, -0.1) is 0 Å². The number of para-hydroxylation sites is 1. The minimum atomic E-state index is -3.55. The molecule has 0 bridgehead atoms. The summed E-state index contributed by atoms with van der Waals surface area (Å²) in [7, 11) is -1.96. The van der Waals surface area contributed by atoms with Gasteiger partial charge in [-0.25, -0.2) is 4.57 Å². The summed E-state index contributed by atoms with van der Waals surface area (Å²) in [6, 6.07) is 7.85. The Balaban J connectivity index is 2.18. The van der Waals surface area contributed by atoms with Crippen LogP contribution in [-0.4, -0.2) is 27.1 Å². The van der Waals surface area contributed by atoms with E-state index in [4.69, 9.17) is 23.0 Å². The fraction of sp³-hybridized carbons (Fsp3) is 0.556. The quantitative estimate of drug-likeness (QED) is 0.426. The Bertz CT molecular complexity index is 605. The molecule has 25 heavy (non-hydrogen) atoms. The van der Waals surface area contributed by atoms with Crippen LogP contribution in [0.15, 0.2) is 36.1 Å².